The number of nitrogens with one attached hydrogen (secondary N) is 1. The summed E-state index contributed by atoms with van der Waals surface area (Å²) in [4.78, 5) is 0. The molecule has 0 aliphatic carbocycles. The summed E-state index contributed by atoms with van der Waals surface area (Å²) < 4.78 is 5.26. The second-order valence-corrected chi connectivity index (χ2v) is 5.31. The van der Waals surface area contributed by atoms with E-state index in [0.29, 0.717) is 6.04 Å². The van der Waals surface area contributed by atoms with Gasteiger partial charge in [-0.15, -0.1) is 12.3 Å². The van der Waals surface area contributed by atoms with Crippen molar-refractivity contribution in [3.8, 4) is 18.1 Å². The lowest BCUT2D eigenvalue weighted by atomic mass is 10.0. The number of terminal acetylenes is 1. The molecule has 0 fully saturated rings. The summed E-state index contributed by atoms with van der Waals surface area (Å²) in [5.41, 5.74) is 1.31. The van der Waals surface area contributed by atoms with Crippen LogP contribution in [0.5, 0.6) is 5.75 Å². The quantitative estimate of drug-likeness (QED) is 0.603. The van der Waals surface area contributed by atoms with Gasteiger partial charge in [0.2, 0.25) is 0 Å². The highest BCUT2D eigenvalue weighted by molar-refractivity contribution is 5.84. The first-order valence-electron chi connectivity index (χ1n) is 7.49. The molecule has 0 aromatic heterocycles. The zero-order valence-electron chi connectivity index (χ0n) is 12.9. The lowest BCUT2D eigenvalue weighted by molar-refractivity contribution is 0.415. The van der Waals surface area contributed by atoms with E-state index in [-0.39, 0.29) is 0 Å². The number of unbranched alkanes of at least 4 members (excludes halogenated alkanes) is 2. The number of hydrogen-bond donors (Lipinski definition) is 1. The molecule has 0 spiro atoms. The van der Waals surface area contributed by atoms with Crippen molar-refractivity contribution in [2.45, 2.75) is 32.2 Å². The molecule has 2 nitrogen and oxygen atoms in total. The largest absolute Gasteiger partial charge is 0.497 e. The Bertz CT molecular complexity index is 627. The van der Waals surface area contributed by atoms with Crippen LogP contribution in [0.4, 0.5) is 0 Å². The van der Waals surface area contributed by atoms with Gasteiger partial charge in [-0.2, -0.15) is 0 Å². The van der Waals surface area contributed by atoms with Crippen molar-refractivity contribution in [2.75, 3.05) is 13.7 Å². The molecule has 0 saturated carbocycles. The molecular weight excluding hydrogens is 258 g/mol. The number of methoxy groups -OCH3 is 1. The maximum Gasteiger partial charge on any atom is 0.119 e. The molecule has 0 bridgehead atoms. The first-order valence-corrected chi connectivity index (χ1v) is 7.49. The second kappa shape index (κ2) is 7.71. The predicted octanol–water partition coefficient (Wildman–Crippen LogP) is 4.30. The SMILES string of the molecule is C#CCCCCNC(C)c1ccc2cc(OC)ccc2c1. The van der Waals surface area contributed by atoms with Gasteiger partial charge in [0.05, 0.1) is 7.11 Å². The number of ether oxygens (including phenoxy) is 1. The molecule has 0 aliphatic heterocycles. The van der Waals surface area contributed by atoms with E-state index in [1.165, 1.54) is 16.3 Å². The Morgan fingerprint density at radius 1 is 1.14 bits per heavy atom. The van der Waals surface area contributed by atoms with E-state index >= 15 is 0 Å². The molecule has 0 radical (unpaired) electrons. The summed E-state index contributed by atoms with van der Waals surface area (Å²) in [6.45, 7) is 3.20. The summed E-state index contributed by atoms with van der Waals surface area (Å²) in [7, 11) is 1.70. The third-order valence-corrected chi connectivity index (χ3v) is 3.77. The van der Waals surface area contributed by atoms with E-state index < -0.39 is 0 Å². The monoisotopic (exact) mass is 281 g/mol. The predicted molar refractivity (Wildman–Crippen MR) is 89.6 cm³/mol. The van der Waals surface area contributed by atoms with Crippen LogP contribution in [0.1, 0.15) is 37.8 Å². The van der Waals surface area contributed by atoms with E-state index in [9.17, 15) is 0 Å². The van der Waals surface area contributed by atoms with Gasteiger partial charge in [0.15, 0.2) is 0 Å². The minimum atomic E-state index is 0.349. The first-order chi connectivity index (χ1) is 10.2. The van der Waals surface area contributed by atoms with Crippen molar-refractivity contribution in [3.63, 3.8) is 0 Å². The zero-order chi connectivity index (χ0) is 15.1. The van der Waals surface area contributed by atoms with Crippen molar-refractivity contribution >= 4 is 10.8 Å². The summed E-state index contributed by atoms with van der Waals surface area (Å²) in [6, 6.07) is 13.1. The Hall–Kier alpha value is -1.98. The molecule has 110 valence electrons. The second-order valence-electron chi connectivity index (χ2n) is 5.31. The van der Waals surface area contributed by atoms with Crippen LogP contribution in [0.25, 0.3) is 10.8 Å². The molecule has 2 heteroatoms. The van der Waals surface area contributed by atoms with Gasteiger partial charge in [0.25, 0.3) is 0 Å². The minimum absolute atomic E-state index is 0.349. The van der Waals surface area contributed by atoms with Crippen LogP contribution >= 0.6 is 0 Å². The Labute approximate surface area is 127 Å². The van der Waals surface area contributed by atoms with Crippen LogP contribution in [-0.2, 0) is 0 Å². The van der Waals surface area contributed by atoms with Crippen molar-refractivity contribution in [3.05, 3.63) is 42.0 Å². The van der Waals surface area contributed by atoms with E-state index in [1.54, 1.807) is 7.11 Å². The topological polar surface area (TPSA) is 21.3 Å². The summed E-state index contributed by atoms with van der Waals surface area (Å²) in [5, 5.41) is 6.00. The van der Waals surface area contributed by atoms with Crippen molar-refractivity contribution < 1.29 is 4.74 Å². The Morgan fingerprint density at radius 2 is 1.90 bits per heavy atom. The van der Waals surface area contributed by atoms with Gasteiger partial charge < -0.3 is 10.1 Å². The maximum atomic E-state index is 5.26. The fourth-order valence-corrected chi connectivity index (χ4v) is 2.43. The average Bonchev–Trinajstić information content (AvgIpc) is 2.53. The van der Waals surface area contributed by atoms with Crippen molar-refractivity contribution in [1.82, 2.24) is 5.32 Å². The fraction of sp³-hybridized carbons (Fsp3) is 0.368. The molecule has 1 atom stereocenters. The number of fused-ring (bicyclic) bond motifs is 1. The summed E-state index contributed by atoms with van der Waals surface area (Å²) >= 11 is 0. The third kappa shape index (κ3) is 4.24. The van der Waals surface area contributed by atoms with Gasteiger partial charge >= 0.3 is 0 Å². The van der Waals surface area contributed by atoms with Gasteiger partial charge in [-0.3, -0.25) is 0 Å². The van der Waals surface area contributed by atoms with Crippen LogP contribution in [0, 0.1) is 12.3 Å². The molecule has 2 aromatic carbocycles. The highest BCUT2D eigenvalue weighted by Crippen LogP contribution is 2.24. The van der Waals surface area contributed by atoms with Crippen molar-refractivity contribution in [2.24, 2.45) is 0 Å². The average molecular weight is 281 g/mol. The van der Waals surface area contributed by atoms with Crippen molar-refractivity contribution in [1.29, 1.82) is 0 Å². The van der Waals surface area contributed by atoms with Gasteiger partial charge in [0.1, 0.15) is 5.75 Å². The number of benzene rings is 2. The minimum Gasteiger partial charge on any atom is -0.497 e. The van der Waals surface area contributed by atoms with Gasteiger partial charge in [0, 0.05) is 12.5 Å². The molecule has 0 amide bonds. The van der Waals surface area contributed by atoms with Crippen LogP contribution in [0.2, 0.25) is 0 Å². The molecule has 2 rings (SSSR count). The van der Waals surface area contributed by atoms with E-state index in [0.717, 1.165) is 31.6 Å². The van der Waals surface area contributed by atoms with Crippen LogP contribution in [0.3, 0.4) is 0 Å². The Morgan fingerprint density at radius 3 is 2.67 bits per heavy atom. The van der Waals surface area contributed by atoms with E-state index in [4.69, 9.17) is 11.2 Å². The standard InChI is InChI=1S/C19H23NO/c1-4-5-6-7-12-20-15(2)16-8-9-18-14-19(21-3)11-10-17(18)13-16/h1,8-11,13-15,20H,5-7,12H2,2-3H3. The molecule has 1 unspecified atom stereocenters. The first kappa shape index (κ1) is 15.4. The third-order valence-electron chi connectivity index (χ3n) is 3.77. The molecule has 0 saturated heterocycles. The highest BCUT2D eigenvalue weighted by Gasteiger charge is 2.05. The summed E-state index contributed by atoms with van der Waals surface area (Å²) in [5.74, 6) is 3.58. The normalized spacial score (nSPS) is 12.0. The summed E-state index contributed by atoms with van der Waals surface area (Å²) in [6.07, 6.45) is 8.34. The van der Waals surface area contributed by atoms with Crippen LogP contribution in [-0.4, -0.2) is 13.7 Å². The number of rotatable bonds is 7. The Kier molecular flexibility index (Phi) is 5.66. The fourth-order valence-electron chi connectivity index (χ4n) is 2.43. The van der Waals surface area contributed by atoms with E-state index in [2.05, 4.69) is 48.5 Å². The molecular formula is C19H23NO. The zero-order valence-corrected chi connectivity index (χ0v) is 12.9. The molecule has 0 heterocycles. The van der Waals surface area contributed by atoms with Gasteiger partial charge in [-0.25, -0.2) is 0 Å². The maximum absolute atomic E-state index is 5.26. The number of hydrogen-bond acceptors (Lipinski definition) is 2. The van der Waals surface area contributed by atoms with Gasteiger partial charge in [-0.05, 0) is 60.8 Å². The van der Waals surface area contributed by atoms with Crippen LogP contribution in [0.15, 0.2) is 36.4 Å². The molecule has 2 aromatic rings. The molecule has 0 aliphatic rings. The van der Waals surface area contributed by atoms with Crippen LogP contribution < -0.4 is 10.1 Å². The lowest BCUT2D eigenvalue weighted by Crippen LogP contribution is -2.19. The molecule has 1 N–H and O–H groups in total. The highest BCUT2D eigenvalue weighted by atomic mass is 16.5. The Balaban J connectivity index is 2.00. The molecule has 21 heavy (non-hydrogen) atoms. The lowest BCUT2D eigenvalue weighted by Gasteiger charge is -2.15. The van der Waals surface area contributed by atoms with E-state index in [1.807, 2.05) is 6.07 Å². The smallest absolute Gasteiger partial charge is 0.119 e. The van der Waals surface area contributed by atoms with Gasteiger partial charge in [-0.1, -0.05) is 18.2 Å².